The first kappa shape index (κ1) is 23.4. The topological polar surface area (TPSA) is 111 Å². The summed E-state index contributed by atoms with van der Waals surface area (Å²) in [6.45, 7) is 3.92. The molecule has 0 aliphatic rings. The number of anilines is 1. The molecule has 0 aliphatic heterocycles. The molecule has 0 bridgehead atoms. The Kier molecular flexibility index (Phi) is 6.95. The molecule has 0 atom stereocenters. The fourth-order valence-electron chi connectivity index (χ4n) is 3.24. The van der Waals surface area contributed by atoms with Crippen LogP contribution in [0.3, 0.4) is 0 Å². The second-order valence-corrected chi connectivity index (χ2v) is 9.43. The van der Waals surface area contributed by atoms with Crippen LogP contribution < -0.4 is 15.6 Å². The van der Waals surface area contributed by atoms with Crippen molar-refractivity contribution in [2.24, 2.45) is 0 Å². The number of benzene rings is 2. The average Bonchev–Trinajstić information content (AvgIpc) is 2.74. The number of nitrogens with one attached hydrogen (secondary N) is 1. The largest absolute Gasteiger partial charge is 0.492 e. The number of hydrogen-bond donors (Lipinski definition) is 1. The van der Waals surface area contributed by atoms with Crippen molar-refractivity contribution >= 4 is 32.5 Å². The molecule has 2 aromatic carbocycles. The highest BCUT2D eigenvalue weighted by Crippen LogP contribution is 2.29. The second-order valence-electron chi connectivity index (χ2n) is 7.31. The van der Waals surface area contributed by atoms with Gasteiger partial charge in [0.25, 0.3) is 5.56 Å². The highest BCUT2D eigenvalue weighted by Gasteiger charge is 2.23. The molecule has 1 aromatic heterocycles. The van der Waals surface area contributed by atoms with Crippen molar-refractivity contribution in [3.05, 3.63) is 58.6 Å². The summed E-state index contributed by atoms with van der Waals surface area (Å²) in [5.74, 6) is 0.368. The number of amides is 1. The maximum atomic E-state index is 12.7. The zero-order chi connectivity index (χ0) is 23.5. The molecule has 1 heterocycles. The van der Waals surface area contributed by atoms with Gasteiger partial charge in [0.2, 0.25) is 15.9 Å². The molecule has 0 radical (unpaired) electrons. The predicted molar refractivity (Wildman–Crippen MR) is 122 cm³/mol. The van der Waals surface area contributed by atoms with E-state index in [1.54, 1.807) is 38.1 Å². The molecule has 10 heteroatoms. The van der Waals surface area contributed by atoms with E-state index in [1.807, 2.05) is 6.07 Å². The molecule has 1 amide bonds. The molecule has 0 aliphatic carbocycles. The van der Waals surface area contributed by atoms with Crippen molar-refractivity contribution in [1.29, 1.82) is 0 Å². The third kappa shape index (κ3) is 4.81. The van der Waals surface area contributed by atoms with Gasteiger partial charge in [-0.25, -0.2) is 17.7 Å². The van der Waals surface area contributed by atoms with E-state index in [2.05, 4.69) is 10.3 Å². The molecule has 32 heavy (non-hydrogen) atoms. The van der Waals surface area contributed by atoms with Crippen LogP contribution in [0.5, 0.6) is 5.75 Å². The first-order valence-electron chi connectivity index (χ1n) is 10.1. The van der Waals surface area contributed by atoms with Crippen molar-refractivity contribution in [2.45, 2.75) is 31.7 Å². The van der Waals surface area contributed by atoms with Crippen LogP contribution in [0.2, 0.25) is 0 Å². The molecule has 3 aromatic rings. The first-order chi connectivity index (χ1) is 15.1. The quantitative estimate of drug-likeness (QED) is 0.555. The van der Waals surface area contributed by atoms with Gasteiger partial charge in [-0.05, 0) is 44.2 Å². The summed E-state index contributed by atoms with van der Waals surface area (Å²) in [7, 11) is -0.923. The maximum absolute atomic E-state index is 12.7. The number of hydrogen-bond acceptors (Lipinski definition) is 6. The maximum Gasteiger partial charge on any atom is 0.261 e. The van der Waals surface area contributed by atoms with Crippen molar-refractivity contribution in [1.82, 2.24) is 13.9 Å². The normalized spacial score (nSPS) is 11.7. The zero-order valence-corrected chi connectivity index (χ0v) is 19.3. The predicted octanol–water partition coefficient (Wildman–Crippen LogP) is 2.38. The summed E-state index contributed by atoms with van der Waals surface area (Å²) in [6, 6.07) is 11.5. The number of aromatic nitrogens is 2. The van der Waals surface area contributed by atoms with Crippen LogP contribution in [-0.4, -0.2) is 48.9 Å². The summed E-state index contributed by atoms with van der Waals surface area (Å²) in [5, 5.41) is 3.19. The average molecular weight is 459 g/mol. The van der Waals surface area contributed by atoms with Crippen LogP contribution in [0.1, 0.15) is 19.2 Å². The molecule has 0 unspecified atom stereocenters. The Labute approximate surface area is 186 Å². The number of rotatable bonds is 8. The third-order valence-corrected chi connectivity index (χ3v) is 6.74. The molecule has 0 fully saturated rings. The SMILES string of the molecule is CCOc1ccc(NC(=O)CCn2c(C)nc3ccccc3c2=O)cc1S(=O)(=O)N(C)C. The van der Waals surface area contributed by atoms with Crippen LogP contribution >= 0.6 is 0 Å². The Bertz CT molecular complexity index is 1320. The van der Waals surface area contributed by atoms with E-state index >= 15 is 0 Å². The van der Waals surface area contributed by atoms with Gasteiger partial charge >= 0.3 is 0 Å². The van der Waals surface area contributed by atoms with Gasteiger partial charge in [0.15, 0.2) is 0 Å². The minimum Gasteiger partial charge on any atom is -0.492 e. The monoisotopic (exact) mass is 458 g/mol. The Morgan fingerprint density at radius 3 is 2.59 bits per heavy atom. The lowest BCUT2D eigenvalue weighted by Crippen LogP contribution is -2.26. The lowest BCUT2D eigenvalue weighted by Gasteiger charge is -2.17. The Morgan fingerprint density at radius 2 is 1.91 bits per heavy atom. The molecule has 0 spiro atoms. The molecular weight excluding hydrogens is 432 g/mol. The highest BCUT2D eigenvalue weighted by atomic mass is 32.2. The minimum absolute atomic E-state index is 0.0176. The summed E-state index contributed by atoms with van der Waals surface area (Å²) in [4.78, 5) is 29.7. The Hall–Kier alpha value is -3.24. The number of carbonyl (C=O) groups is 1. The van der Waals surface area contributed by atoms with E-state index < -0.39 is 10.0 Å². The van der Waals surface area contributed by atoms with Gasteiger partial charge in [-0.1, -0.05) is 12.1 Å². The highest BCUT2D eigenvalue weighted by molar-refractivity contribution is 7.89. The number of sulfonamides is 1. The lowest BCUT2D eigenvalue weighted by molar-refractivity contribution is -0.116. The number of ether oxygens (including phenoxy) is 1. The smallest absolute Gasteiger partial charge is 0.261 e. The zero-order valence-electron chi connectivity index (χ0n) is 18.5. The fraction of sp³-hybridized carbons (Fsp3) is 0.318. The van der Waals surface area contributed by atoms with Gasteiger partial charge in [0, 0.05) is 32.7 Å². The van der Waals surface area contributed by atoms with E-state index in [0.717, 1.165) is 4.31 Å². The molecule has 3 rings (SSSR count). The molecule has 0 saturated carbocycles. The van der Waals surface area contributed by atoms with E-state index in [-0.39, 0.29) is 35.1 Å². The van der Waals surface area contributed by atoms with Crippen LogP contribution in [-0.2, 0) is 21.4 Å². The number of fused-ring (bicyclic) bond motifs is 1. The van der Waals surface area contributed by atoms with Crippen molar-refractivity contribution < 1.29 is 17.9 Å². The van der Waals surface area contributed by atoms with Crippen LogP contribution in [0.25, 0.3) is 10.9 Å². The van der Waals surface area contributed by atoms with E-state index in [0.29, 0.717) is 29.0 Å². The summed E-state index contributed by atoms with van der Waals surface area (Å²) in [5.41, 5.74) is 0.723. The summed E-state index contributed by atoms with van der Waals surface area (Å²) >= 11 is 0. The van der Waals surface area contributed by atoms with E-state index in [9.17, 15) is 18.0 Å². The first-order valence-corrected chi connectivity index (χ1v) is 11.5. The number of para-hydroxylation sites is 1. The molecule has 1 N–H and O–H groups in total. The minimum atomic E-state index is -3.77. The number of nitrogens with zero attached hydrogens (tertiary/aromatic N) is 3. The van der Waals surface area contributed by atoms with E-state index in [4.69, 9.17) is 4.74 Å². The van der Waals surface area contributed by atoms with E-state index in [1.165, 1.54) is 30.8 Å². The van der Waals surface area contributed by atoms with Gasteiger partial charge in [-0.15, -0.1) is 0 Å². The molecular formula is C22H26N4O5S. The Balaban J connectivity index is 1.80. The Morgan fingerprint density at radius 1 is 1.19 bits per heavy atom. The molecule has 170 valence electrons. The van der Waals surface area contributed by atoms with Crippen molar-refractivity contribution in [2.75, 3.05) is 26.0 Å². The van der Waals surface area contributed by atoms with Gasteiger partial charge in [0.05, 0.1) is 17.5 Å². The van der Waals surface area contributed by atoms with Crippen LogP contribution in [0, 0.1) is 6.92 Å². The van der Waals surface area contributed by atoms with Gasteiger partial charge in [0.1, 0.15) is 16.5 Å². The summed E-state index contributed by atoms with van der Waals surface area (Å²) in [6.07, 6.45) is 0.0176. The lowest BCUT2D eigenvalue weighted by atomic mass is 10.2. The second kappa shape index (κ2) is 9.49. The van der Waals surface area contributed by atoms with Crippen LogP contribution in [0.15, 0.2) is 52.2 Å². The molecule has 0 saturated heterocycles. The van der Waals surface area contributed by atoms with Crippen molar-refractivity contribution in [3.8, 4) is 5.75 Å². The number of carbonyl (C=O) groups excluding carboxylic acids is 1. The van der Waals surface area contributed by atoms with Crippen molar-refractivity contribution in [3.63, 3.8) is 0 Å². The fourth-order valence-corrected chi connectivity index (χ4v) is 4.29. The van der Waals surface area contributed by atoms with Gasteiger partial charge in [-0.2, -0.15) is 0 Å². The summed E-state index contributed by atoms with van der Waals surface area (Å²) < 4.78 is 33.3. The van der Waals surface area contributed by atoms with Crippen LogP contribution in [0.4, 0.5) is 5.69 Å². The standard InChI is InChI=1S/C22H26N4O5S/c1-5-31-19-11-10-16(14-20(19)32(29,30)25(3)4)24-21(27)12-13-26-15(2)23-18-9-7-6-8-17(18)22(26)28/h6-11,14H,5,12-13H2,1-4H3,(H,24,27). The van der Waals surface area contributed by atoms with Gasteiger partial charge in [-0.3, -0.25) is 14.2 Å². The third-order valence-electron chi connectivity index (χ3n) is 4.90. The van der Waals surface area contributed by atoms with Gasteiger partial charge < -0.3 is 10.1 Å². The molecule has 9 nitrogen and oxygen atoms in total. The number of aryl methyl sites for hydroxylation is 1.